The van der Waals surface area contributed by atoms with Crippen LogP contribution < -0.4 is 5.32 Å². The molecule has 1 fully saturated rings. The standard InChI is InChI=1S/C8H6O4.C5H11N/c9-7(10)5-1-2-6(4-3-5)8(11)12;1-2-4-6-5-3-1/h1-4H,(H,9,10)(H,11,12);6H,1-5H2. The molecule has 1 aromatic rings. The fourth-order valence-corrected chi connectivity index (χ4v) is 1.56. The Labute approximate surface area is 105 Å². The number of aromatic carboxylic acids is 2. The van der Waals surface area contributed by atoms with E-state index in [0.717, 1.165) is 0 Å². The molecule has 0 radical (unpaired) electrons. The molecule has 0 aliphatic carbocycles. The smallest absolute Gasteiger partial charge is 0.335 e. The molecule has 0 atom stereocenters. The van der Waals surface area contributed by atoms with Crippen LogP contribution >= 0.6 is 0 Å². The normalized spacial score (nSPS) is 14.2. The zero-order chi connectivity index (χ0) is 13.4. The number of benzene rings is 1. The summed E-state index contributed by atoms with van der Waals surface area (Å²) in [6.45, 7) is 2.50. The van der Waals surface area contributed by atoms with Gasteiger partial charge >= 0.3 is 11.9 Å². The molecule has 1 heterocycles. The maximum atomic E-state index is 10.3. The number of carboxylic acids is 2. The van der Waals surface area contributed by atoms with Gasteiger partial charge < -0.3 is 15.5 Å². The molecule has 3 N–H and O–H groups in total. The number of rotatable bonds is 2. The van der Waals surface area contributed by atoms with E-state index >= 15 is 0 Å². The van der Waals surface area contributed by atoms with Gasteiger partial charge in [0.15, 0.2) is 0 Å². The lowest BCUT2D eigenvalue weighted by Crippen LogP contribution is -2.21. The Morgan fingerprint density at radius 3 is 1.39 bits per heavy atom. The van der Waals surface area contributed by atoms with Crippen LogP contribution in [-0.4, -0.2) is 35.2 Å². The van der Waals surface area contributed by atoms with Crippen molar-refractivity contribution in [2.45, 2.75) is 19.3 Å². The number of nitrogens with one attached hydrogen (secondary N) is 1. The van der Waals surface area contributed by atoms with Gasteiger partial charge in [-0.2, -0.15) is 0 Å². The van der Waals surface area contributed by atoms with Crippen LogP contribution in [0, 0.1) is 0 Å². The lowest BCUT2D eigenvalue weighted by atomic mass is 10.1. The van der Waals surface area contributed by atoms with Crippen molar-refractivity contribution in [1.29, 1.82) is 0 Å². The van der Waals surface area contributed by atoms with Crippen LogP contribution in [0.25, 0.3) is 0 Å². The van der Waals surface area contributed by atoms with E-state index < -0.39 is 11.9 Å². The zero-order valence-electron chi connectivity index (χ0n) is 10.1. The molecule has 1 aliphatic rings. The zero-order valence-corrected chi connectivity index (χ0v) is 10.1. The topological polar surface area (TPSA) is 86.6 Å². The predicted octanol–water partition coefficient (Wildman–Crippen LogP) is 1.84. The number of carboxylic acid groups (broad SMARTS) is 2. The average molecular weight is 251 g/mol. The van der Waals surface area contributed by atoms with Crippen LogP contribution in [0.4, 0.5) is 0 Å². The fraction of sp³-hybridized carbons (Fsp3) is 0.385. The predicted molar refractivity (Wildman–Crippen MR) is 67.1 cm³/mol. The first-order valence-electron chi connectivity index (χ1n) is 5.88. The molecule has 1 aliphatic heterocycles. The highest BCUT2D eigenvalue weighted by atomic mass is 16.4. The molecule has 0 spiro atoms. The van der Waals surface area contributed by atoms with Gasteiger partial charge in [0.05, 0.1) is 11.1 Å². The maximum Gasteiger partial charge on any atom is 0.335 e. The van der Waals surface area contributed by atoms with Crippen LogP contribution in [-0.2, 0) is 0 Å². The van der Waals surface area contributed by atoms with E-state index in [-0.39, 0.29) is 11.1 Å². The molecule has 1 aromatic carbocycles. The van der Waals surface area contributed by atoms with Crippen molar-refractivity contribution in [3.8, 4) is 0 Å². The molecule has 98 valence electrons. The van der Waals surface area contributed by atoms with Crippen molar-refractivity contribution in [2.75, 3.05) is 13.1 Å². The highest BCUT2D eigenvalue weighted by Crippen LogP contribution is 2.03. The van der Waals surface area contributed by atoms with Crippen LogP contribution in [0.1, 0.15) is 40.0 Å². The highest BCUT2D eigenvalue weighted by Gasteiger charge is 2.04. The van der Waals surface area contributed by atoms with E-state index in [1.165, 1.54) is 56.6 Å². The first kappa shape index (κ1) is 14.2. The molecular weight excluding hydrogens is 234 g/mol. The van der Waals surface area contributed by atoms with E-state index in [4.69, 9.17) is 10.2 Å². The van der Waals surface area contributed by atoms with Crippen LogP contribution in [0.15, 0.2) is 24.3 Å². The van der Waals surface area contributed by atoms with Gasteiger partial charge in [-0.15, -0.1) is 0 Å². The third-order valence-corrected chi connectivity index (χ3v) is 2.59. The average Bonchev–Trinajstić information content (AvgIpc) is 2.41. The minimum absolute atomic E-state index is 0.0833. The van der Waals surface area contributed by atoms with Crippen molar-refractivity contribution in [2.24, 2.45) is 0 Å². The van der Waals surface area contributed by atoms with Gasteiger partial charge in [-0.1, -0.05) is 6.42 Å². The van der Waals surface area contributed by atoms with Crippen molar-refractivity contribution in [3.05, 3.63) is 35.4 Å². The second-order valence-corrected chi connectivity index (χ2v) is 4.00. The SMILES string of the molecule is C1CCNCC1.O=C(O)c1ccc(C(=O)O)cc1. The Morgan fingerprint density at radius 1 is 0.833 bits per heavy atom. The summed E-state index contributed by atoms with van der Waals surface area (Å²) in [6, 6.07) is 5.02. The Kier molecular flexibility index (Phi) is 5.87. The van der Waals surface area contributed by atoms with Gasteiger partial charge in [0.2, 0.25) is 0 Å². The Morgan fingerprint density at radius 2 is 1.22 bits per heavy atom. The molecule has 0 unspecified atom stereocenters. The molecule has 0 saturated carbocycles. The second-order valence-electron chi connectivity index (χ2n) is 4.00. The van der Waals surface area contributed by atoms with E-state index in [0.29, 0.717) is 0 Å². The van der Waals surface area contributed by atoms with Crippen molar-refractivity contribution < 1.29 is 19.8 Å². The third kappa shape index (κ3) is 4.97. The van der Waals surface area contributed by atoms with Gasteiger partial charge in [-0.25, -0.2) is 9.59 Å². The Balaban J connectivity index is 0.000000225. The largest absolute Gasteiger partial charge is 0.478 e. The molecule has 0 amide bonds. The Hall–Kier alpha value is -1.88. The van der Waals surface area contributed by atoms with Crippen molar-refractivity contribution >= 4 is 11.9 Å². The summed E-state index contributed by atoms with van der Waals surface area (Å²) in [5, 5.41) is 20.2. The number of hydrogen-bond acceptors (Lipinski definition) is 3. The lowest BCUT2D eigenvalue weighted by Gasteiger charge is -2.08. The van der Waals surface area contributed by atoms with E-state index in [1.807, 2.05) is 0 Å². The molecule has 5 nitrogen and oxygen atoms in total. The van der Waals surface area contributed by atoms with Crippen LogP contribution in [0.2, 0.25) is 0 Å². The summed E-state index contributed by atoms with van der Waals surface area (Å²) >= 11 is 0. The van der Waals surface area contributed by atoms with Crippen molar-refractivity contribution in [3.63, 3.8) is 0 Å². The molecule has 18 heavy (non-hydrogen) atoms. The van der Waals surface area contributed by atoms with E-state index in [9.17, 15) is 9.59 Å². The Bertz CT molecular complexity index is 351. The summed E-state index contributed by atoms with van der Waals surface area (Å²) in [6.07, 6.45) is 4.22. The summed E-state index contributed by atoms with van der Waals surface area (Å²) in [5.41, 5.74) is 0.167. The quantitative estimate of drug-likeness (QED) is 0.746. The molecule has 0 aromatic heterocycles. The molecular formula is C13H17NO4. The first-order valence-corrected chi connectivity index (χ1v) is 5.88. The first-order chi connectivity index (χ1) is 8.61. The summed E-state index contributed by atoms with van der Waals surface area (Å²) in [4.78, 5) is 20.7. The van der Waals surface area contributed by atoms with E-state index in [1.54, 1.807) is 0 Å². The monoisotopic (exact) mass is 251 g/mol. The second kappa shape index (κ2) is 7.45. The highest BCUT2D eigenvalue weighted by molar-refractivity contribution is 5.91. The molecule has 1 saturated heterocycles. The number of carbonyl (C=O) groups is 2. The molecule has 2 rings (SSSR count). The van der Waals surface area contributed by atoms with Gasteiger partial charge in [0.1, 0.15) is 0 Å². The van der Waals surface area contributed by atoms with Gasteiger partial charge in [0.25, 0.3) is 0 Å². The summed E-state index contributed by atoms with van der Waals surface area (Å²) in [5.74, 6) is -2.13. The van der Waals surface area contributed by atoms with Gasteiger partial charge in [-0.3, -0.25) is 0 Å². The summed E-state index contributed by atoms with van der Waals surface area (Å²) in [7, 11) is 0. The van der Waals surface area contributed by atoms with Crippen molar-refractivity contribution in [1.82, 2.24) is 5.32 Å². The number of hydrogen-bond donors (Lipinski definition) is 3. The van der Waals surface area contributed by atoms with Crippen LogP contribution in [0.3, 0.4) is 0 Å². The minimum Gasteiger partial charge on any atom is -0.478 e. The molecule has 5 heteroatoms. The van der Waals surface area contributed by atoms with Gasteiger partial charge in [0, 0.05) is 0 Å². The van der Waals surface area contributed by atoms with Crippen LogP contribution in [0.5, 0.6) is 0 Å². The summed E-state index contributed by atoms with van der Waals surface area (Å²) < 4.78 is 0. The van der Waals surface area contributed by atoms with Gasteiger partial charge in [-0.05, 0) is 50.2 Å². The number of piperidine rings is 1. The molecule has 0 bridgehead atoms. The lowest BCUT2D eigenvalue weighted by molar-refractivity contribution is 0.0681. The maximum absolute atomic E-state index is 10.3. The fourth-order valence-electron chi connectivity index (χ4n) is 1.56. The minimum atomic E-state index is -1.06. The van der Waals surface area contributed by atoms with E-state index in [2.05, 4.69) is 5.32 Å². The third-order valence-electron chi connectivity index (χ3n) is 2.59.